The number of aromatic nitrogens is 2. The molecule has 1 aromatic heterocycles. The first kappa shape index (κ1) is 22.0. The van der Waals surface area contributed by atoms with Crippen LogP contribution in [0.25, 0.3) is 11.3 Å². The lowest BCUT2D eigenvalue weighted by atomic mass is 9.96. The first-order chi connectivity index (χ1) is 16.6. The van der Waals surface area contributed by atoms with Gasteiger partial charge in [-0.25, -0.2) is 18.6 Å². The summed E-state index contributed by atoms with van der Waals surface area (Å²) in [7, 11) is 0. The number of carbonyl (C=O) groups is 1. The number of hydrogen-bond donors (Lipinski definition) is 0. The predicted octanol–water partition coefficient (Wildman–Crippen LogP) is 5.20. The molecule has 0 spiro atoms. The Hall–Kier alpha value is -3.84. The molecular weight excluding hydrogens is 434 g/mol. The maximum atomic E-state index is 13.5. The number of imidazole rings is 1. The number of rotatable bonds is 4. The smallest absolute Gasteiger partial charge is 0.321 e. The molecule has 0 aliphatic carbocycles. The molecule has 1 saturated heterocycles. The van der Waals surface area contributed by atoms with Gasteiger partial charge < -0.3 is 4.90 Å². The molecule has 2 heterocycles. The van der Waals surface area contributed by atoms with Crippen LogP contribution in [-0.2, 0) is 0 Å². The minimum Gasteiger partial charge on any atom is -0.321 e. The average molecular weight is 459 g/mol. The Kier molecular flexibility index (Phi) is 6.18. The molecule has 0 unspecified atom stereocenters. The number of benzene rings is 3. The van der Waals surface area contributed by atoms with E-state index in [1.165, 1.54) is 28.8 Å². The van der Waals surface area contributed by atoms with E-state index in [1.807, 2.05) is 30.3 Å². The summed E-state index contributed by atoms with van der Waals surface area (Å²) in [5.74, 6) is -0.598. The van der Waals surface area contributed by atoms with E-state index in [1.54, 1.807) is 41.7 Å². The van der Waals surface area contributed by atoms with Gasteiger partial charge in [0, 0.05) is 37.9 Å². The monoisotopic (exact) mass is 458 g/mol. The molecule has 7 heteroatoms. The molecule has 1 aliphatic rings. The zero-order valence-electron chi connectivity index (χ0n) is 18.5. The summed E-state index contributed by atoms with van der Waals surface area (Å²) in [6.07, 6.45) is 3.31. The second-order valence-electron chi connectivity index (χ2n) is 8.34. The topological polar surface area (TPSA) is 41.4 Å². The quantitative estimate of drug-likeness (QED) is 0.422. The maximum absolute atomic E-state index is 13.5. The van der Waals surface area contributed by atoms with Crippen molar-refractivity contribution >= 4 is 6.03 Å². The summed E-state index contributed by atoms with van der Waals surface area (Å²) < 4.78 is 28.6. The molecule has 0 saturated carbocycles. The van der Waals surface area contributed by atoms with Gasteiger partial charge in [0.25, 0.3) is 0 Å². The lowest BCUT2D eigenvalue weighted by Gasteiger charge is -2.39. The molecule has 34 heavy (non-hydrogen) atoms. The van der Waals surface area contributed by atoms with Crippen LogP contribution in [0, 0.1) is 11.6 Å². The number of halogens is 2. The van der Waals surface area contributed by atoms with Crippen LogP contribution in [0.5, 0.6) is 0 Å². The molecule has 3 aromatic carbocycles. The predicted molar refractivity (Wildman–Crippen MR) is 126 cm³/mol. The van der Waals surface area contributed by atoms with Crippen LogP contribution in [-0.4, -0.2) is 51.6 Å². The maximum Gasteiger partial charge on any atom is 0.329 e. The fraction of sp³-hybridized carbons (Fsp3) is 0.185. The van der Waals surface area contributed by atoms with Crippen LogP contribution in [0.15, 0.2) is 91.4 Å². The first-order valence-corrected chi connectivity index (χ1v) is 11.2. The van der Waals surface area contributed by atoms with Crippen molar-refractivity contribution in [1.29, 1.82) is 0 Å². The summed E-state index contributed by atoms with van der Waals surface area (Å²) in [6.45, 7) is 2.34. The largest absolute Gasteiger partial charge is 0.329 e. The molecule has 4 aromatic rings. The van der Waals surface area contributed by atoms with Crippen LogP contribution in [0.4, 0.5) is 13.6 Å². The first-order valence-electron chi connectivity index (χ1n) is 11.2. The van der Waals surface area contributed by atoms with Gasteiger partial charge in [-0.15, -0.1) is 0 Å². The fourth-order valence-corrected chi connectivity index (χ4v) is 4.42. The fourth-order valence-electron chi connectivity index (χ4n) is 4.42. The third-order valence-electron chi connectivity index (χ3n) is 6.19. The molecule has 1 fully saturated rings. The molecule has 172 valence electrons. The standard InChI is InChI=1S/C27H24F2N4O/c28-23-10-6-21(7-11-23)26(22-8-12-24(29)13-9-22)31-14-16-32(17-15-31)27(34)33-18-25(30-19-33)20-4-2-1-3-5-20/h1-13,18-19,26H,14-17H2. The van der Waals surface area contributed by atoms with Crippen molar-refractivity contribution in [2.24, 2.45) is 0 Å². The summed E-state index contributed by atoms with van der Waals surface area (Å²) in [5.41, 5.74) is 3.56. The third-order valence-corrected chi connectivity index (χ3v) is 6.19. The van der Waals surface area contributed by atoms with Gasteiger partial charge in [0.15, 0.2) is 0 Å². The lowest BCUT2D eigenvalue weighted by Crippen LogP contribution is -2.50. The highest BCUT2D eigenvalue weighted by molar-refractivity contribution is 5.78. The summed E-state index contributed by atoms with van der Waals surface area (Å²) in [5, 5.41) is 0. The van der Waals surface area contributed by atoms with E-state index in [0.29, 0.717) is 26.2 Å². The molecule has 5 nitrogen and oxygen atoms in total. The highest BCUT2D eigenvalue weighted by atomic mass is 19.1. The van der Waals surface area contributed by atoms with Crippen molar-refractivity contribution in [1.82, 2.24) is 19.4 Å². The van der Waals surface area contributed by atoms with Gasteiger partial charge in [-0.2, -0.15) is 0 Å². The Morgan fingerprint density at radius 3 is 1.88 bits per heavy atom. The van der Waals surface area contributed by atoms with E-state index in [9.17, 15) is 13.6 Å². The number of carbonyl (C=O) groups excluding carboxylic acids is 1. The number of amides is 1. The van der Waals surface area contributed by atoms with Gasteiger partial charge in [0.05, 0.1) is 11.7 Å². The Bertz CT molecular complexity index is 1200. The van der Waals surface area contributed by atoms with E-state index in [2.05, 4.69) is 9.88 Å². The molecule has 0 N–H and O–H groups in total. The van der Waals surface area contributed by atoms with E-state index in [0.717, 1.165) is 22.4 Å². The SMILES string of the molecule is O=C(N1CCN(C(c2ccc(F)cc2)c2ccc(F)cc2)CC1)n1cnc(-c2ccccc2)c1. The van der Waals surface area contributed by atoms with Crippen molar-refractivity contribution < 1.29 is 13.6 Å². The van der Waals surface area contributed by atoms with E-state index >= 15 is 0 Å². The summed E-state index contributed by atoms with van der Waals surface area (Å²) >= 11 is 0. The molecule has 1 aliphatic heterocycles. The van der Waals surface area contributed by atoms with Crippen molar-refractivity contribution in [3.05, 3.63) is 114 Å². The Morgan fingerprint density at radius 2 is 1.32 bits per heavy atom. The van der Waals surface area contributed by atoms with Crippen LogP contribution in [0.2, 0.25) is 0 Å². The summed E-state index contributed by atoms with van der Waals surface area (Å²) in [6, 6.07) is 22.3. The van der Waals surface area contributed by atoms with Crippen molar-refractivity contribution in [2.75, 3.05) is 26.2 Å². The molecule has 1 amide bonds. The molecule has 0 bridgehead atoms. The Balaban J connectivity index is 1.31. The second kappa shape index (κ2) is 9.57. The third kappa shape index (κ3) is 4.61. The van der Waals surface area contributed by atoms with Crippen molar-refractivity contribution in [3.63, 3.8) is 0 Å². The summed E-state index contributed by atoms with van der Waals surface area (Å²) in [4.78, 5) is 21.5. The van der Waals surface area contributed by atoms with Crippen LogP contribution in [0.1, 0.15) is 17.2 Å². The second-order valence-corrected chi connectivity index (χ2v) is 8.34. The zero-order chi connectivity index (χ0) is 23.5. The highest BCUT2D eigenvalue weighted by Crippen LogP contribution is 2.30. The zero-order valence-corrected chi connectivity index (χ0v) is 18.5. The number of nitrogens with zero attached hydrogens (tertiary/aromatic N) is 4. The lowest BCUT2D eigenvalue weighted by molar-refractivity contribution is 0.121. The normalized spacial score (nSPS) is 14.5. The van der Waals surface area contributed by atoms with Gasteiger partial charge in [0.1, 0.15) is 18.0 Å². The van der Waals surface area contributed by atoms with Gasteiger partial charge >= 0.3 is 6.03 Å². The van der Waals surface area contributed by atoms with E-state index in [4.69, 9.17) is 0 Å². The number of piperazine rings is 1. The Morgan fingerprint density at radius 1 is 0.765 bits per heavy atom. The molecule has 0 radical (unpaired) electrons. The van der Waals surface area contributed by atoms with E-state index in [-0.39, 0.29) is 23.7 Å². The van der Waals surface area contributed by atoms with Crippen LogP contribution >= 0.6 is 0 Å². The minimum absolute atomic E-state index is 0.116. The number of hydrogen-bond acceptors (Lipinski definition) is 3. The van der Waals surface area contributed by atoms with E-state index < -0.39 is 0 Å². The van der Waals surface area contributed by atoms with Crippen LogP contribution in [0.3, 0.4) is 0 Å². The average Bonchev–Trinajstić information content (AvgIpc) is 3.37. The van der Waals surface area contributed by atoms with Crippen molar-refractivity contribution in [3.8, 4) is 11.3 Å². The van der Waals surface area contributed by atoms with Gasteiger partial charge in [0.2, 0.25) is 0 Å². The van der Waals surface area contributed by atoms with Crippen molar-refractivity contribution in [2.45, 2.75) is 6.04 Å². The Labute approximate surface area is 196 Å². The van der Waals surface area contributed by atoms with Gasteiger partial charge in [-0.05, 0) is 35.4 Å². The highest BCUT2D eigenvalue weighted by Gasteiger charge is 2.29. The minimum atomic E-state index is -0.299. The van der Waals surface area contributed by atoms with Gasteiger partial charge in [-0.3, -0.25) is 9.47 Å². The van der Waals surface area contributed by atoms with Gasteiger partial charge in [-0.1, -0.05) is 54.6 Å². The van der Waals surface area contributed by atoms with Crippen LogP contribution < -0.4 is 0 Å². The molecule has 5 rings (SSSR count). The molecular formula is C27H24F2N4O. The molecule has 0 atom stereocenters.